The average molecular weight is 384 g/mol. The van der Waals surface area contributed by atoms with E-state index in [0.29, 0.717) is 5.69 Å². The number of nitrogens with one attached hydrogen (secondary N) is 2. The molecule has 0 fully saturated rings. The molecule has 2 N–H and O–H groups in total. The number of carbonyl (C=O) groups excluding carboxylic acids is 2. The maximum Gasteiger partial charge on any atom is 0.314 e. The van der Waals surface area contributed by atoms with Gasteiger partial charge in [-0.25, -0.2) is 8.78 Å². The van der Waals surface area contributed by atoms with E-state index in [1.165, 1.54) is 11.8 Å². The topological polar surface area (TPSA) is 58.2 Å². The lowest BCUT2D eigenvalue weighted by Gasteiger charge is -2.11. The van der Waals surface area contributed by atoms with Gasteiger partial charge in [-0.3, -0.25) is 9.59 Å². The van der Waals surface area contributed by atoms with E-state index >= 15 is 0 Å². The SMILES string of the molecule is O=C(Nc1ccccc1Sc1ccccc1)C(=O)Nc1c(F)cccc1F. The van der Waals surface area contributed by atoms with Gasteiger partial charge in [-0.1, -0.05) is 48.2 Å². The van der Waals surface area contributed by atoms with E-state index in [1.54, 1.807) is 24.3 Å². The largest absolute Gasteiger partial charge is 0.317 e. The zero-order valence-electron chi connectivity index (χ0n) is 13.9. The number of rotatable bonds is 4. The number of benzene rings is 3. The van der Waals surface area contributed by atoms with Crippen molar-refractivity contribution < 1.29 is 18.4 Å². The standard InChI is InChI=1S/C20H14F2N2O2S/c21-14-9-6-10-15(22)18(14)24-20(26)19(25)23-16-11-4-5-12-17(16)27-13-7-2-1-3-8-13/h1-12H,(H,23,25)(H,24,26). The van der Waals surface area contributed by atoms with Gasteiger partial charge in [0.1, 0.15) is 17.3 Å². The van der Waals surface area contributed by atoms with E-state index in [1.807, 2.05) is 35.6 Å². The van der Waals surface area contributed by atoms with E-state index in [9.17, 15) is 18.4 Å². The fraction of sp³-hybridized carbons (Fsp3) is 0. The van der Waals surface area contributed by atoms with E-state index in [4.69, 9.17) is 0 Å². The van der Waals surface area contributed by atoms with Crippen LogP contribution in [0.15, 0.2) is 82.6 Å². The van der Waals surface area contributed by atoms with Crippen LogP contribution in [-0.4, -0.2) is 11.8 Å². The van der Waals surface area contributed by atoms with Gasteiger partial charge in [0.25, 0.3) is 0 Å². The Balaban J connectivity index is 1.73. The average Bonchev–Trinajstić information content (AvgIpc) is 2.67. The van der Waals surface area contributed by atoms with Crippen molar-refractivity contribution in [3.8, 4) is 0 Å². The smallest absolute Gasteiger partial charge is 0.314 e. The minimum atomic E-state index is -1.17. The molecule has 0 saturated heterocycles. The molecule has 0 aliphatic carbocycles. The molecule has 0 unspecified atom stereocenters. The first-order valence-electron chi connectivity index (χ1n) is 7.93. The van der Waals surface area contributed by atoms with Crippen LogP contribution in [-0.2, 0) is 9.59 Å². The Bertz CT molecular complexity index is 960. The molecule has 7 heteroatoms. The summed E-state index contributed by atoms with van der Waals surface area (Å²) in [7, 11) is 0. The number of para-hydroxylation sites is 2. The van der Waals surface area contributed by atoms with Crippen molar-refractivity contribution >= 4 is 35.0 Å². The molecule has 0 spiro atoms. The van der Waals surface area contributed by atoms with Gasteiger partial charge in [-0.15, -0.1) is 0 Å². The summed E-state index contributed by atoms with van der Waals surface area (Å²) in [6.07, 6.45) is 0. The number of hydrogen-bond donors (Lipinski definition) is 2. The normalized spacial score (nSPS) is 10.3. The minimum absolute atomic E-state index is 0.417. The minimum Gasteiger partial charge on any atom is -0.317 e. The Kier molecular flexibility index (Phi) is 5.83. The van der Waals surface area contributed by atoms with Gasteiger partial charge < -0.3 is 10.6 Å². The van der Waals surface area contributed by atoms with Crippen LogP contribution >= 0.6 is 11.8 Å². The summed E-state index contributed by atoms with van der Waals surface area (Å²) < 4.78 is 27.2. The molecule has 4 nitrogen and oxygen atoms in total. The molecule has 3 aromatic carbocycles. The summed E-state index contributed by atoms with van der Waals surface area (Å²) >= 11 is 1.41. The second-order valence-corrected chi connectivity index (χ2v) is 6.53. The van der Waals surface area contributed by atoms with Crippen LogP contribution in [0.3, 0.4) is 0 Å². The molecule has 0 aliphatic heterocycles. The van der Waals surface area contributed by atoms with E-state index < -0.39 is 29.1 Å². The first kappa shape index (κ1) is 18.6. The lowest BCUT2D eigenvalue weighted by atomic mass is 10.3. The Morgan fingerprint density at radius 2 is 1.30 bits per heavy atom. The second-order valence-electron chi connectivity index (χ2n) is 5.42. The highest BCUT2D eigenvalue weighted by Gasteiger charge is 2.19. The molecular formula is C20H14F2N2O2S. The first-order valence-corrected chi connectivity index (χ1v) is 8.74. The molecule has 27 heavy (non-hydrogen) atoms. The molecule has 0 aliphatic rings. The maximum absolute atomic E-state index is 13.6. The Hall–Kier alpha value is -3.19. The van der Waals surface area contributed by atoms with Gasteiger partial charge >= 0.3 is 11.8 Å². The number of carbonyl (C=O) groups is 2. The lowest BCUT2D eigenvalue weighted by molar-refractivity contribution is -0.133. The van der Waals surface area contributed by atoms with E-state index in [2.05, 4.69) is 5.32 Å². The molecule has 0 atom stereocenters. The van der Waals surface area contributed by atoms with Gasteiger partial charge in [0.2, 0.25) is 0 Å². The molecule has 0 bridgehead atoms. The van der Waals surface area contributed by atoms with Crippen molar-refractivity contribution in [3.63, 3.8) is 0 Å². The van der Waals surface area contributed by atoms with Crippen LogP contribution in [0, 0.1) is 11.6 Å². The van der Waals surface area contributed by atoms with E-state index in [-0.39, 0.29) is 0 Å². The van der Waals surface area contributed by atoms with Crippen LogP contribution in [0.5, 0.6) is 0 Å². The Morgan fingerprint density at radius 3 is 2.00 bits per heavy atom. The highest BCUT2D eigenvalue weighted by Crippen LogP contribution is 2.33. The summed E-state index contributed by atoms with van der Waals surface area (Å²) in [5, 5.41) is 4.43. The maximum atomic E-state index is 13.6. The monoisotopic (exact) mass is 384 g/mol. The van der Waals surface area contributed by atoms with Gasteiger partial charge in [-0.2, -0.15) is 0 Å². The van der Waals surface area contributed by atoms with Crippen molar-refractivity contribution in [1.29, 1.82) is 0 Å². The fourth-order valence-corrected chi connectivity index (χ4v) is 3.16. The van der Waals surface area contributed by atoms with Crippen molar-refractivity contribution in [2.45, 2.75) is 9.79 Å². The molecule has 0 saturated carbocycles. The lowest BCUT2D eigenvalue weighted by Crippen LogP contribution is -2.30. The summed E-state index contributed by atoms with van der Waals surface area (Å²) in [4.78, 5) is 25.9. The third kappa shape index (κ3) is 4.71. The quantitative estimate of drug-likeness (QED) is 0.642. The molecule has 0 radical (unpaired) electrons. The molecule has 2 amide bonds. The first-order chi connectivity index (χ1) is 13.0. The van der Waals surface area contributed by atoms with Crippen molar-refractivity contribution in [1.82, 2.24) is 0 Å². The fourth-order valence-electron chi connectivity index (χ4n) is 2.24. The van der Waals surface area contributed by atoms with E-state index in [0.717, 1.165) is 28.0 Å². The number of hydrogen-bond acceptors (Lipinski definition) is 3. The van der Waals surface area contributed by atoms with Crippen LogP contribution in [0.4, 0.5) is 20.2 Å². The molecule has 0 heterocycles. The number of anilines is 2. The van der Waals surface area contributed by atoms with Crippen molar-refractivity contribution in [2.75, 3.05) is 10.6 Å². The van der Waals surface area contributed by atoms with Crippen LogP contribution < -0.4 is 10.6 Å². The van der Waals surface area contributed by atoms with Crippen LogP contribution in [0.25, 0.3) is 0 Å². The van der Waals surface area contributed by atoms with Crippen LogP contribution in [0.2, 0.25) is 0 Å². The molecule has 3 aromatic rings. The zero-order chi connectivity index (χ0) is 19.2. The predicted molar refractivity (Wildman–Crippen MR) is 101 cm³/mol. The van der Waals surface area contributed by atoms with Gasteiger partial charge in [0.15, 0.2) is 0 Å². The number of amides is 2. The molecular weight excluding hydrogens is 370 g/mol. The summed E-state index contributed by atoms with van der Waals surface area (Å²) in [5.74, 6) is -4.12. The molecule has 136 valence electrons. The summed E-state index contributed by atoms with van der Waals surface area (Å²) in [6, 6.07) is 19.6. The number of halogens is 2. The molecule has 0 aromatic heterocycles. The summed E-state index contributed by atoms with van der Waals surface area (Å²) in [5.41, 5.74) is -0.245. The van der Waals surface area contributed by atoms with Crippen LogP contribution in [0.1, 0.15) is 0 Å². The highest BCUT2D eigenvalue weighted by atomic mass is 32.2. The Labute approximate surface area is 158 Å². The highest BCUT2D eigenvalue weighted by molar-refractivity contribution is 7.99. The third-order valence-corrected chi connectivity index (χ3v) is 4.60. The zero-order valence-corrected chi connectivity index (χ0v) is 14.7. The third-order valence-electron chi connectivity index (χ3n) is 3.51. The Morgan fingerprint density at radius 1 is 0.704 bits per heavy atom. The van der Waals surface area contributed by atoms with Gasteiger partial charge in [-0.05, 0) is 36.4 Å². The van der Waals surface area contributed by atoms with Crippen molar-refractivity contribution in [3.05, 3.63) is 84.4 Å². The van der Waals surface area contributed by atoms with Gasteiger partial charge in [0.05, 0.1) is 5.69 Å². The predicted octanol–water partition coefficient (Wildman–Crippen LogP) is 4.69. The van der Waals surface area contributed by atoms with Crippen molar-refractivity contribution in [2.24, 2.45) is 0 Å². The molecule has 3 rings (SSSR count). The van der Waals surface area contributed by atoms with Gasteiger partial charge in [0, 0.05) is 9.79 Å². The second kappa shape index (κ2) is 8.46. The summed E-state index contributed by atoms with van der Waals surface area (Å²) in [6.45, 7) is 0.